The van der Waals surface area contributed by atoms with E-state index >= 15 is 0 Å². The lowest BCUT2D eigenvalue weighted by atomic mass is 10.1. The zero-order valence-electron chi connectivity index (χ0n) is 11.2. The van der Waals surface area contributed by atoms with E-state index in [4.69, 9.17) is 9.84 Å². The molecule has 2 heterocycles. The molecule has 106 valence electrons. The highest BCUT2D eigenvalue weighted by Gasteiger charge is 2.08. The molecule has 0 fully saturated rings. The van der Waals surface area contributed by atoms with Gasteiger partial charge < -0.3 is 9.84 Å². The average Bonchev–Trinajstić information content (AvgIpc) is 2.88. The Balaban J connectivity index is 1.88. The molecule has 21 heavy (non-hydrogen) atoms. The van der Waals surface area contributed by atoms with Crippen LogP contribution in [0.25, 0.3) is 5.78 Å². The number of benzene rings is 1. The molecule has 1 N–H and O–H groups in total. The number of aryl methyl sites for hydroxylation is 1. The predicted molar refractivity (Wildman–Crippen MR) is 73.4 cm³/mol. The van der Waals surface area contributed by atoms with Gasteiger partial charge in [0.1, 0.15) is 12.1 Å². The largest absolute Gasteiger partial charge is 0.481 e. The molecule has 0 amide bonds. The highest BCUT2D eigenvalue weighted by Crippen LogP contribution is 2.22. The molecule has 0 aliphatic carbocycles. The number of nitrogens with zero attached hydrogens (tertiary/aromatic N) is 4. The number of carbonyl (C=O) groups is 1. The number of hydrogen-bond acceptors (Lipinski definition) is 5. The minimum absolute atomic E-state index is 0.0119. The quantitative estimate of drug-likeness (QED) is 0.786. The van der Waals surface area contributed by atoms with Gasteiger partial charge in [-0.3, -0.25) is 4.79 Å². The molecule has 0 spiro atoms. The maximum atomic E-state index is 10.6. The van der Waals surface area contributed by atoms with E-state index in [0.29, 0.717) is 23.0 Å². The Morgan fingerprint density at radius 2 is 2.10 bits per heavy atom. The van der Waals surface area contributed by atoms with Gasteiger partial charge in [-0.15, -0.1) is 0 Å². The number of aromatic nitrogens is 4. The Bertz CT molecular complexity index is 796. The third-order valence-corrected chi connectivity index (χ3v) is 2.85. The van der Waals surface area contributed by atoms with Crippen molar-refractivity contribution in [1.82, 2.24) is 19.6 Å². The first-order chi connectivity index (χ1) is 10.1. The fraction of sp³-hybridized carbons (Fsp3) is 0.143. The molecule has 7 nitrogen and oxygen atoms in total. The number of rotatable bonds is 4. The number of carboxylic acid groups (broad SMARTS) is 1. The molecule has 0 radical (unpaired) electrons. The summed E-state index contributed by atoms with van der Waals surface area (Å²) >= 11 is 0. The van der Waals surface area contributed by atoms with Gasteiger partial charge in [-0.05, 0) is 24.6 Å². The molecule has 0 unspecified atom stereocenters. The van der Waals surface area contributed by atoms with Gasteiger partial charge in [-0.2, -0.15) is 14.6 Å². The first-order valence-corrected chi connectivity index (χ1v) is 6.28. The number of fused-ring (bicyclic) bond motifs is 1. The van der Waals surface area contributed by atoms with E-state index in [1.165, 1.54) is 10.8 Å². The molecule has 0 atom stereocenters. The van der Waals surface area contributed by atoms with Crippen molar-refractivity contribution in [3.63, 3.8) is 0 Å². The summed E-state index contributed by atoms with van der Waals surface area (Å²) in [4.78, 5) is 18.9. The van der Waals surface area contributed by atoms with E-state index in [0.717, 1.165) is 5.69 Å². The van der Waals surface area contributed by atoms with E-state index in [1.54, 1.807) is 30.3 Å². The van der Waals surface area contributed by atoms with Gasteiger partial charge in [0.15, 0.2) is 0 Å². The molecule has 1 aromatic carbocycles. The van der Waals surface area contributed by atoms with E-state index in [9.17, 15) is 4.79 Å². The monoisotopic (exact) mass is 284 g/mol. The summed E-state index contributed by atoms with van der Waals surface area (Å²) in [6.07, 6.45) is 1.40. The first kappa shape index (κ1) is 13.0. The summed E-state index contributed by atoms with van der Waals surface area (Å²) in [6.45, 7) is 1.84. The van der Waals surface area contributed by atoms with Gasteiger partial charge in [-0.25, -0.2) is 4.98 Å². The molecule has 0 aliphatic heterocycles. The van der Waals surface area contributed by atoms with Crippen molar-refractivity contribution < 1.29 is 14.6 Å². The zero-order chi connectivity index (χ0) is 14.8. The van der Waals surface area contributed by atoms with Crippen molar-refractivity contribution >= 4 is 11.7 Å². The van der Waals surface area contributed by atoms with Gasteiger partial charge in [0, 0.05) is 11.8 Å². The van der Waals surface area contributed by atoms with Gasteiger partial charge in [0.05, 0.1) is 6.42 Å². The second-order valence-electron chi connectivity index (χ2n) is 4.52. The van der Waals surface area contributed by atoms with E-state index in [2.05, 4.69) is 15.1 Å². The van der Waals surface area contributed by atoms with Crippen molar-refractivity contribution in [3.8, 4) is 11.6 Å². The van der Waals surface area contributed by atoms with Crippen molar-refractivity contribution in [1.29, 1.82) is 0 Å². The van der Waals surface area contributed by atoms with Crippen LogP contribution in [0.4, 0.5) is 0 Å². The van der Waals surface area contributed by atoms with Crippen LogP contribution in [0.3, 0.4) is 0 Å². The lowest BCUT2D eigenvalue weighted by molar-refractivity contribution is -0.136. The maximum Gasteiger partial charge on any atom is 0.307 e. The summed E-state index contributed by atoms with van der Waals surface area (Å²) in [7, 11) is 0. The Kier molecular flexibility index (Phi) is 3.23. The second kappa shape index (κ2) is 5.20. The van der Waals surface area contributed by atoms with Crippen LogP contribution in [0.2, 0.25) is 0 Å². The molecule has 0 saturated carbocycles. The SMILES string of the molecule is Cc1cc(Oc2ccc(CC(=O)O)cc2)n2ncnc2n1. The van der Waals surface area contributed by atoms with Crippen LogP contribution in [0.1, 0.15) is 11.3 Å². The highest BCUT2D eigenvalue weighted by molar-refractivity contribution is 5.70. The Morgan fingerprint density at radius 3 is 2.81 bits per heavy atom. The maximum absolute atomic E-state index is 10.6. The lowest BCUT2D eigenvalue weighted by Gasteiger charge is -2.08. The first-order valence-electron chi connectivity index (χ1n) is 6.28. The molecule has 7 heteroatoms. The summed E-state index contributed by atoms with van der Waals surface area (Å²) in [6, 6.07) is 8.63. The smallest absolute Gasteiger partial charge is 0.307 e. The van der Waals surface area contributed by atoms with Crippen molar-refractivity contribution in [2.24, 2.45) is 0 Å². The van der Waals surface area contributed by atoms with Crippen molar-refractivity contribution in [3.05, 3.63) is 47.9 Å². The van der Waals surface area contributed by atoms with Gasteiger partial charge in [0.2, 0.25) is 5.88 Å². The van der Waals surface area contributed by atoms with Crippen LogP contribution in [0, 0.1) is 6.92 Å². The molecule has 3 aromatic rings. The predicted octanol–water partition coefficient (Wildman–Crippen LogP) is 1.85. The number of hydrogen-bond donors (Lipinski definition) is 1. The third-order valence-electron chi connectivity index (χ3n) is 2.85. The summed E-state index contributed by atoms with van der Waals surface area (Å²) in [5.41, 5.74) is 1.49. The molecular weight excluding hydrogens is 272 g/mol. The molecule has 3 rings (SSSR count). The standard InChI is InChI=1S/C14H12N4O3/c1-9-6-12(18-14(17-9)15-8-16-18)21-11-4-2-10(3-5-11)7-13(19)20/h2-6,8H,7H2,1H3,(H,19,20). The number of aliphatic carboxylic acids is 1. The van der Waals surface area contributed by atoms with E-state index in [1.807, 2.05) is 6.92 Å². The number of ether oxygens (including phenoxy) is 1. The second-order valence-corrected chi connectivity index (χ2v) is 4.52. The fourth-order valence-corrected chi connectivity index (χ4v) is 1.94. The van der Waals surface area contributed by atoms with E-state index in [-0.39, 0.29) is 6.42 Å². The minimum Gasteiger partial charge on any atom is -0.481 e. The van der Waals surface area contributed by atoms with Crippen molar-refractivity contribution in [2.45, 2.75) is 13.3 Å². The van der Waals surface area contributed by atoms with Crippen LogP contribution >= 0.6 is 0 Å². The summed E-state index contributed by atoms with van der Waals surface area (Å²) in [5.74, 6) is 0.692. The average molecular weight is 284 g/mol. The molecule has 2 aromatic heterocycles. The fourth-order valence-electron chi connectivity index (χ4n) is 1.94. The van der Waals surface area contributed by atoms with Gasteiger partial charge in [0.25, 0.3) is 5.78 Å². The topological polar surface area (TPSA) is 89.6 Å². The Hall–Kier alpha value is -2.96. The molecule has 0 bridgehead atoms. The number of carboxylic acids is 1. The molecule has 0 saturated heterocycles. The minimum atomic E-state index is -0.863. The summed E-state index contributed by atoms with van der Waals surface area (Å²) in [5, 5.41) is 12.8. The van der Waals surface area contributed by atoms with Crippen LogP contribution in [0.5, 0.6) is 11.6 Å². The van der Waals surface area contributed by atoms with Crippen LogP contribution < -0.4 is 4.74 Å². The highest BCUT2D eigenvalue weighted by atomic mass is 16.5. The lowest BCUT2D eigenvalue weighted by Crippen LogP contribution is -2.01. The Morgan fingerprint density at radius 1 is 1.33 bits per heavy atom. The zero-order valence-corrected chi connectivity index (χ0v) is 11.2. The van der Waals surface area contributed by atoms with Crippen LogP contribution in [0.15, 0.2) is 36.7 Å². The van der Waals surface area contributed by atoms with Gasteiger partial charge >= 0.3 is 5.97 Å². The molecular formula is C14H12N4O3. The van der Waals surface area contributed by atoms with Crippen LogP contribution in [-0.2, 0) is 11.2 Å². The van der Waals surface area contributed by atoms with Crippen LogP contribution in [-0.4, -0.2) is 30.7 Å². The molecule has 0 aliphatic rings. The van der Waals surface area contributed by atoms with Crippen molar-refractivity contribution in [2.75, 3.05) is 0 Å². The third kappa shape index (κ3) is 2.81. The Labute approximate surface area is 119 Å². The van der Waals surface area contributed by atoms with E-state index < -0.39 is 5.97 Å². The summed E-state index contributed by atoms with van der Waals surface area (Å²) < 4.78 is 7.26. The van der Waals surface area contributed by atoms with Gasteiger partial charge in [-0.1, -0.05) is 12.1 Å². The normalized spacial score (nSPS) is 10.7.